The Balaban J connectivity index is 1.52. The van der Waals surface area contributed by atoms with Crippen LogP contribution in [-0.4, -0.2) is 41.5 Å². The van der Waals surface area contributed by atoms with Crippen LogP contribution in [0.3, 0.4) is 0 Å². The number of esters is 1. The number of anilines is 1. The van der Waals surface area contributed by atoms with E-state index in [9.17, 15) is 9.90 Å². The van der Waals surface area contributed by atoms with Crippen molar-refractivity contribution in [3.05, 3.63) is 89.1 Å². The number of hydrogen-bond acceptors (Lipinski definition) is 5. The summed E-state index contributed by atoms with van der Waals surface area (Å²) >= 11 is 0. The third kappa shape index (κ3) is 5.97. The van der Waals surface area contributed by atoms with Crippen LogP contribution in [0, 0.1) is 13.8 Å². The Labute approximate surface area is 218 Å². The second-order valence-corrected chi connectivity index (χ2v) is 9.65. The summed E-state index contributed by atoms with van der Waals surface area (Å²) in [6.07, 6.45) is -0.705. The van der Waals surface area contributed by atoms with E-state index in [2.05, 4.69) is 48.0 Å². The number of aliphatic hydroxyl groups excluding tert-OH is 1. The van der Waals surface area contributed by atoms with Gasteiger partial charge in [0.2, 0.25) is 0 Å². The predicted molar refractivity (Wildman–Crippen MR) is 149 cm³/mol. The van der Waals surface area contributed by atoms with Gasteiger partial charge in [-0.05, 0) is 74.7 Å². The summed E-state index contributed by atoms with van der Waals surface area (Å²) in [6, 6.07) is 22.1. The van der Waals surface area contributed by atoms with Crippen LogP contribution in [0.15, 0.2) is 66.7 Å². The van der Waals surface area contributed by atoms with Crippen LogP contribution in [0.2, 0.25) is 0 Å². The maximum absolute atomic E-state index is 12.9. The largest absolute Gasteiger partial charge is 0.491 e. The first-order chi connectivity index (χ1) is 17.8. The number of fused-ring (bicyclic) bond motifs is 1. The molecule has 0 aliphatic carbocycles. The number of carbonyl (C=O) groups is 1. The molecule has 0 bridgehead atoms. The van der Waals surface area contributed by atoms with E-state index in [1.807, 2.05) is 56.3 Å². The summed E-state index contributed by atoms with van der Waals surface area (Å²) in [5.41, 5.74) is 6.59. The minimum Gasteiger partial charge on any atom is -0.491 e. The monoisotopic (exact) mass is 500 g/mol. The van der Waals surface area contributed by atoms with Crippen LogP contribution in [-0.2, 0) is 4.74 Å². The van der Waals surface area contributed by atoms with Gasteiger partial charge in [-0.3, -0.25) is 0 Å². The number of ether oxygens (including phenoxy) is 2. The van der Waals surface area contributed by atoms with Crippen LogP contribution in [0.1, 0.15) is 53.9 Å². The molecule has 1 heterocycles. The van der Waals surface area contributed by atoms with Gasteiger partial charge in [0.15, 0.2) is 0 Å². The van der Waals surface area contributed by atoms with Gasteiger partial charge in [-0.25, -0.2) is 4.79 Å². The SMILES string of the molecule is CCOC(=O)c1c(C)n(-c2ccc(C)cc2)c2ccc(OC[C@@H](O)CNc3ccc(C(C)C)cc3)cc12. The fourth-order valence-electron chi connectivity index (χ4n) is 4.45. The van der Waals surface area contributed by atoms with Crippen molar-refractivity contribution in [2.45, 2.75) is 46.6 Å². The van der Waals surface area contributed by atoms with Crippen molar-refractivity contribution in [2.75, 3.05) is 25.1 Å². The van der Waals surface area contributed by atoms with Gasteiger partial charge in [-0.15, -0.1) is 0 Å². The quantitative estimate of drug-likeness (QED) is 0.247. The van der Waals surface area contributed by atoms with Crippen molar-refractivity contribution in [1.29, 1.82) is 0 Å². The molecular formula is C31H36N2O4. The zero-order valence-electron chi connectivity index (χ0n) is 22.2. The fraction of sp³-hybridized carbons (Fsp3) is 0.323. The van der Waals surface area contributed by atoms with Crippen molar-refractivity contribution in [3.63, 3.8) is 0 Å². The van der Waals surface area contributed by atoms with Crippen LogP contribution < -0.4 is 10.1 Å². The number of aromatic nitrogens is 1. The summed E-state index contributed by atoms with van der Waals surface area (Å²) in [7, 11) is 0. The minimum atomic E-state index is -0.705. The summed E-state index contributed by atoms with van der Waals surface area (Å²) < 4.78 is 13.4. The Morgan fingerprint density at radius 3 is 2.35 bits per heavy atom. The van der Waals surface area contributed by atoms with E-state index in [4.69, 9.17) is 9.47 Å². The Hall–Kier alpha value is -3.77. The number of rotatable bonds is 10. The normalized spacial score (nSPS) is 12.1. The average Bonchev–Trinajstić information content (AvgIpc) is 3.18. The predicted octanol–water partition coefficient (Wildman–Crippen LogP) is 6.40. The summed E-state index contributed by atoms with van der Waals surface area (Å²) in [6.45, 7) is 10.9. The fourth-order valence-corrected chi connectivity index (χ4v) is 4.45. The van der Waals surface area contributed by atoms with E-state index in [1.54, 1.807) is 6.92 Å². The molecule has 0 unspecified atom stereocenters. The number of aliphatic hydroxyl groups is 1. The van der Waals surface area contributed by atoms with Gasteiger partial charge in [0.1, 0.15) is 18.5 Å². The highest BCUT2D eigenvalue weighted by Crippen LogP contribution is 2.33. The standard InChI is InChI=1S/C31H36N2O4/c1-6-36-31(35)30-22(5)33(25-13-7-21(4)8-14-25)29-16-15-27(17-28(29)30)37-19-26(34)18-32-24-11-9-23(10-12-24)20(2)3/h7-17,20,26,32,34H,6,18-19H2,1-5H3/t26-/m0/s1. The highest BCUT2D eigenvalue weighted by atomic mass is 16.5. The summed E-state index contributed by atoms with van der Waals surface area (Å²) in [5.74, 6) is 0.701. The second-order valence-electron chi connectivity index (χ2n) is 9.65. The molecule has 194 valence electrons. The topological polar surface area (TPSA) is 72.7 Å². The first-order valence-electron chi connectivity index (χ1n) is 12.8. The highest BCUT2D eigenvalue weighted by molar-refractivity contribution is 6.07. The maximum Gasteiger partial charge on any atom is 0.340 e. The number of nitrogens with zero attached hydrogens (tertiary/aromatic N) is 1. The molecule has 1 aromatic heterocycles. The number of nitrogens with one attached hydrogen (secondary N) is 1. The van der Waals surface area contributed by atoms with Gasteiger partial charge < -0.3 is 24.5 Å². The van der Waals surface area contributed by atoms with Crippen molar-refractivity contribution >= 4 is 22.6 Å². The molecule has 0 fully saturated rings. The first kappa shape index (κ1) is 26.3. The molecular weight excluding hydrogens is 464 g/mol. The summed E-state index contributed by atoms with van der Waals surface area (Å²) in [4.78, 5) is 12.9. The summed E-state index contributed by atoms with van der Waals surface area (Å²) in [5, 5.41) is 14.5. The lowest BCUT2D eigenvalue weighted by molar-refractivity contribution is 0.0527. The Kier molecular flexibility index (Phi) is 8.19. The van der Waals surface area contributed by atoms with Gasteiger partial charge in [0, 0.05) is 29.0 Å². The Bertz CT molecular complexity index is 1350. The number of aryl methyl sites for hydroxylation is 1. The smallest absolute Gasteiger partial charge is 0.340 e. The Morgan fingerprint density at radius 2 is 1.70 bits per heavy atom. The zero-order chi connectivity index (χ0) is 26.5. The van der Waals surface area contributed by atoms with Gasteiger partial charge in [0.05, 0.1) is 17.7 Å². The van der Waals surface area contributed by atoms with Gasteiger partial charge in [-0.2, -0.15) is 0 Å². The maximum atomic E-state index is 12.9. The van der Waals surface area contributed by atoms with Crippen molar-refractivity contribution in [3.8, 4) is 11.4 Å². The van der Waals surface area contributed by atoms with E-state index in [0.717, 1.165) is 28.0 Å². The van der Waals surface area contributed by atoms with E-state index in [1.165, 1.54) is 11.1 Å². The molecule has 37 heavy (non-hydrogen) atoms. The van der Waals surface area contributed by atoms with Crippen LogP contribution in [0.4, 0.5) is 5.69 Å². The Morgan fingerprint density at radius 1 is 1.00 bits per heavy atom. The van der Waals surface area contributed by atoms with Crippen LogP contribution >= 0.6 is 0 Å². The molecule has 6 heteroatoms. The number of carbonyl (C=O) groups excluding carboxylic acids is 1. The molecule has 0 spiro atoms. The lowest BCUT2D eigenvalue weighted by Crippen LogP contribution is -2.26. The van der Waals surface area contributed by atoms with E-state index >= 15 is 0 Å². The van der Waals surface area contributed by atoms with Gasteiger partial charge >= 0.3 is 5.97 Å². The molecule has 0 aliphatic heterocycles. The van der Waals surface area contributed by atoms with Gasteiger partial charge in [0.25, 0.3) is 0 Å². The van der Waals surface area contributed by atoms with E-state index in [-0.39, 0.29) is 12.6 Å². The van der Waals surface area contributed by atoms with E-state index < -0.39 is 6.10 Å². The molecule has 4 aromatic rings. The second kappa shape index (κ2) is 11.5. The lowest BCUT2D eigenvalue weighted by Gasteiger charge is -2.15. The molecule has 3 aromatic carbocycles. The molecule has 0 saturated heterocycles. The van der Waals surface area contributed by atoms with Crippen molar-refractivity contribution < 1.29 is 19.4 Å². The zero-order valence-corrected chi connectivity index (χ0v) is 22.2. The first-order valence-corrected chi connectivity index (χ1v) is 12.8. The average molecular weight is 501 g/mol. The molecule has 0 saturated carbocycles. The molecule has 0 amide bonds. The molecule has 1 atom stereocenters. The molecule has 2 N–H and O–H groups in total. The minimum absolute atomic E-state index is 0.120. The third-order valence-electron chi connectivity index (χ3n) is 6.51. The van der Waals surface area contributed by atoms with E-state index in [0.29, 0.717) is 30.4 Å². The molecule has 0 radical (unpaired) electrons. The number of hydrogen-bond donors (Lipinski definition) is 2. The molecule has 4 rings (SSSR count). The lowest BCUT2D eigenvalue weighted by atomic mass is 10.0. The van der Waals surface area contributed by atoms with Crippen LogP contribution in [0.5, 0.6) is 5.75 Å². The van der Waals surface area contributed by atoms with Crippen molar-refractivity contribution in [1.82, 2.24) is 4.57 Å². The number of benzene rings is 3. The molecule has 0 aliphatic rings. The third-order valence-corrected chi connectivity index (χ3v) is 6.51. The van der Waals surface area contributed by atoms with Crippen LogP contribution in [0.25, 0.3) is 16.6 Å². The van der Waals surface area contributed by atoms with Gasteiger partial charge in [-0.1, -0.05) is 43.7 Å². The van der Waals surface area contributed by atoms with Crippen molar-refractivity contribution in [2.24, 2.45) is 0 Å². The molecule has 6 nitrogen and oxygen atoms in total. The highest BCUT2D eigenvalue weighted by Gasteiger charge is 2.22.